The summed E-state index contributed by atoms with van der Waals surface area (Å²) in [6.45, 7) is 3.61. The van der Waals surface area contributed by atoms with Crippen LogP contribution in [0.15, 0.2) is 53.8 Å². The number of carbonyl (C=O) groups excluding carboxylic acids is 1. The van der Waals surface area contributed by atoms with Crippen LogP contribution >= 0.6 is 0 Å². The summed E-state index contributed by atoms with van der Waals surface area (Å²) in [5.41, 5.74) is 2.84. The molecule has 0 aliphatic carbocycles. The topological polar surface area (TPSA) is 134 Å². The lowest BCUT2D eigenvalue weighted by Crippen LogP contribution is -2.37. The number of carbonyl (C=O) groups is 1. The van der Waals surface area contributed by atoms with Crippen molar-refractivity contribution in [3.05, 3.63) is 65.4 Å². The molecule has 3 rings (SSSR count). The number of nitrogens with one attached hydrogen (secondary N) is 1. The number of aromatic nitrogens is 2. The molecule has 1 aromatic heterocycles. The van der Waals surface area contributed by atoms with E-state index in [9.17, 15) is 23.6 Å². The molecule has 0 aliphatic rings. The summed E-state index contributed by atoms with van der Waals surface area (Å²) in [7, 11) is -1.80. The molecule has 190 valence electrons. The summed E-state index contributed by atoms with van der Waals surface area (Å²) in [6.07, 6.45) is 3.50. The van der Waals surface area contributed by atoms with Crippen LogP contribution in [0.25, 0.3) is 11.3 Å². The molecule has 2 aromatic carbocycles. The SMILES string of the molecule is CC(C)Oc1ccc(C(=O)NC(CCO)Cc2ccc(-c3cn(C)c(S(C)(=O)=O)n3)cc2)cc1C#N. The third-order valence-electron chi connectivity index (χ3n) is 5.43. The van der Waals surface area contributed by atoms with Crippen LogP contribution in [-0.4, -0.2) is 54.0 Å². The lowest BCUT2D eigenvalue weighted by Gasteiger charge is -2.19. The smallest absolute Gasteiger partial charge is 0.251 e. The van der Waals surface area contributed by atoms with E-state index >= 15 is 0 Å². The Labute approximate surface area is 211 Å². The maximum Gasteiger partial charge on any atom is 0.251 e. The van der Waals surface area contributed by atoms with Gasteiger partial charge < -0.3 is 19.7 Å². The first kappa shape index (κ1) is 26.9. The highest BCUT2D eigenvalue weighted by molar-refractivity contribution is 7.90. The van der Waals surface area contributed by atoms with Gasteiger partial charge in [-0.1, -0.05) is 24.3 Å². The standard InChI is InChI=1S/C26H30N4O5S/c1-17(2)35-24-10-9-20(14-21(24)15-27)25(32)28-22(11-12-31)13-18-5-7-19(8-6-18)23-16-30(3)26(29-23)36(4,33)34/h5-10,14,16-17,22,31H,11-13H2,1-4H3,(H,28,32). The number of aliphatic hydroxyl groups is 1. The minimum absolute atomic E-state index is 0.00402. The van der Waals surface area contributed by atoms with Gasteiger partial charge in [0.25, 0.3) is 5.91 Å². The van der Waals surface area contributed by atoms with Gasteiger partial charge in [0.1, 0.15) is 11.8 Å². The molecule has 10 heteroatoms. The number of aryl methyl sites for hydroxylation is 1. The third-order valence-corrected chi connectivity index (χ3v) is 6.48. The van der Waals surface area contributed by atoms with Crippen molar-refractivity contribution in [2.45, 2.75) is 44.0 Å². The molecule has 36 heavy (non-hydrogen) atoms. The van der Waals surface area contributed by atoms with Gasteiger partial charge in [0.15, 0.2) is 0 Å². The summed E-state index contributed by atoms with van der Waals surface area (Å²) in [4.78, 5) is 17.1. The molecule has 0 saturated heterocycles. The highest BCUT2D eigenvalue weighted by Crippen LogP contribution is 2.23. The number of sulfone groups is 1. The number of hydrogen-bond acceptors (Lipinski definition) is 7. The van der Waals surface area contributed by atoms with Crippen molar-refractivity contribution < 1.29 is 23.1 Å². The molecule has 1 amide bonds. The van der Waals surface area contributed by atoms with Crippen LogP contribution in [0.3, 0.4) is 0 Å². The summed E-state index contributed by atoms with van der Waals surface area (Å²) in [5, 5.41) is 21.9. The average molecular weight is 511 g/mol. The molecule has 0 aliphatic heterocycles. The molecule has 2 N–H and O–H groups in total. The predicted octanol–water partition coefficient (Wildman–Crippen LogP) is 2.87. The maximum atomic E-state index is 12.9. The molecule has 1 unspecified atom stereocenters. The first-order valence-corrected chi connectivity index (χ1v) is 13.4. The zero-order valence-electron chi connectivity index (χ0n) is 20.7. The molecule has 0 radical (unpaired) electrons. The van der Waals surface area contributed by atoms with Crippen LogP contribution in [0.5, 0.6) is 5.75 Å². The highest BCUT2D eigenvalue weighted by atomic mass is 32.2. The van der Waals surface area contributed by atoms with Gasteiger partial charge in [-0.15, -0.1) is 0 Å². The van der Waals surface area contributed by atoms with Gasteiger partial charge in [0.2, 0.25) is 15.0 Å². The highest BCUT2D eigenvalue weighted by Gasteiger charge is 2.18. The van der Waals surface area contributed by atoms with Crippen LogP contribution < -0.4 is 10.1 Å². The number of rotatable bonds is 10. The monoisotopic (exact) mass is 510 g/mol. The van der Waals surface area contributed by atoms with E-state index in [-0.39, 0.29) is 35.4 Å². The lowest BCUT2D eigenvalue weighted by atomic mass is 10.0. The van der Waals surface area contributed by atoms with Crippen LogP contribution in [0, 0.1) is 11.3 Å². The minimum atomic E-state index is -3.43. The number of ether oxygens (including phenoxy) is 1. The van der Waals surface area contributed by atoms with Crippen LogP contribution in [-0.2, 0) is 23.3 Å². The second-order valence-corrected chi connectivity index (χ2v) is 10.8. The maximum absolute atomic E-state index is 12.9. The number of imidazole rings is 1. The van der Waals surface area contributed by atoms with E-state index in [0.717, 1.165) is 17.4 Å². The molecular formula is C26H30N4O5S. The number of nitriles is 1. The van der Waals surface area contributed by atoms with Crippen molar-refractivity contribution in [2.24, 2.45) is 7.05 Å². The number of hydrogen-bond donors (Lipinski definition) is 2. The van der Waals surface area contributed by atoms with Crippen molar-refractivity contribution in [3.8, 4) is 23.1 Å². The van der Waals surface area contributed by atoms with E-state index in [1.807, 2.05) is 38.1 Å². The molecule has 1 atom stereocenters. The lowest BCUT2D eigenvalue weighted by molar-refractivity contribution is 0.0930. The average Bonchev–Trinajstić information content (AvgIpc) is 3.21. The molecule has 9 nitrogen and oxygen atoms in total. The Hall–Kier alpha value is -3.68. The van der Waals surface area contributed by atoms with Crippen molar-refractivity contribution in [1.29, 1.82) is 5.26 Å². The molecule has 3 aromatic rings. The molecule has 0 saturated carbocycles. The van der Waals surface area contributed by atoms with E-state index in [1.165, 1.54) is 10.6 Å². The number of amides is 1. The van der Waals surface area contributed by atoms with Gasteiger partial charge in [0, 0.05) is 43.3 Å². The second-order valence-electron chi connectivity index (χ2n) is 8.86. The fourth-order valence-electron chi connectivity index (χ4n) is 3.79. The number of aliphatic hydroxyl groups excluding tert-OH is 1. The Morgan fingerprint density at radius 2 is 1.92 bits per heavy atom. The summed E-state index contributed by atoms with van der Waals surface area (Å²) in [6, 6.07) is 13.9. The van der Waals surface area contributed by atoms with Crippen molar-refractivity contribution in [2.75, 3.05) is 12.9 Å². The van der Waals surface area contributed by atoms with Crippen LogP contribution in [0.4, 0.5) is 0 Å². The van der Waals surface area contributed by atoms with E-state index in [0.29, 0.717) is 29.8 Å². The van der Waals surface area contributed by atoms with Crippen molar-refractivity contribution in [3.63, 3.8) is 0 Å². The number of benzene rings is 2. The summed E-state index contributed by atoms with van der Waals surface area (Å²) < 4.78 is 30.8. The van der Waals surface area contributed by atoms with Crippen LogP contribution in [0.2, 0.25) is 0 Å². The normalized spacial score (nSPS) is 12.2. The Kier molecular flexibility index (Phi) is 8.50. The molecular weight excluding hydrogens is 480 g/mol. The summed E-state index contributed by atoms with van der Waals surface area (Å²) >= 11 is 0. The minimum Gasteiger partial charge on any atom is -0.490 e. The summed E-state index contributed by atoms with van der Waals surface area (Å²) in [5.74, 6) is 0.0760. The fourth-order valence-corrected chi connectivity index (χ4v) is 4.63. The molecule has 0 spiro atoms. The molecule has 1 heterocycles. The largest absolute Gasteiger partial charge is 0.490 e. The van der Waals surface area contributed by atoms with Gasteiger partial charge in [-0.05, 0) is 50.5 Å². The van der Waals surface area contributed by atoms with Gasteiger partial charge in [-0.3, -0.25) is 4.79 Å². The number of nitrogens with zero attached hydrogens (tertiary/aromatic N) is 3. The zero-order chi connectivity index (χ0) is 26.5. The zero-order valence-corrected chi connectivity index (χ0v) is 21.5. The first-order chi connectivity index (χ1) is 17.0. The van der Waals surface area contributed by atoms with E-state index in [2.05, 4.69) is 16.4 Å². The van der Waals surface area contributed by atoms with Crippen molar-refractivity contribution in [1.82, 2.24) is 14.9 Å². The van der Waals surface area contributed by atoms with E-state index < -0.39 is 9.84 Å². The third kappa shape index (κ3) is 6.71. The first-order valence-electron chi connectivity index (χ1n) is 11.5. The molecule has 0 fully saturated rings. The Balaban J connectivity index is 1.73. The molecule has 0 bridgehead atoms. The fraction of sp³-hybridized carbons (Fsp3) is 0.346. The van der Waals surface area contributed by atoms with E-state index in [1.54, 1.807) is 25.4 Å². The van der Waals surface area contributed by atoms with Gasteiger partial charge >= 0.3 is 0 Å². The Morgan fingerprint density at radius 1 is 1.22 bits per heavy atom. The quantitative estimate of drug-likeness (QED) is 0.428. The van der Waals surface area contributed by atoms with Gasteiger partial charge in [-0.25, -0.2) is 13.4 Å². The van der Waals surface area contributed by atoms with Gasteiger partial charge in [0.05, 0.1) is 17.4 Å². The van der Waals surface area contributed by atoms with E-state index in [4.69, 9.17) is 4.74 Å². The van der Waals surface area contributed by atoms with Gasteiger partial charge in [-0.2, -0.15) is 5.26 Å². The second kappa shape index (κ2) is 11.4. The Morgan fingerprint density at radius 3 is 2.47 bits per heavy atom. The Bertz CT molecular complexity index is 1370. The predicted molar refractivity (Wildman–Crippen MR) is 135 cm³/mol. The van der Waals surface area contributed by atoms with Crippen molar-refractivity contribution >= 4 is 15.7 Å². The van der Waals surface area contributed by atoms with Crippen LogP contribution in [0.1, 0.15) is 41.8 Å².